The highest BCUT2D eigenvalue weighted by molar-refractivity contribution is 6.30. The minimum atomic E-state index is -1.49. The van der Waals surface area contributed by atoms with E-state index in [-0.39, 0.29) is 13.0 Å². The van der Waals surface area contributed by atoms with Crippen molar-refractivity contribution in [3.8, 4) is 5.75 Å². The van der Waals surface area contributed by atoms with E-state index in [1.165, 1.54) is 0 Å². The van der Waals surface area contributed by atoms with Crippen LogP contribution in [0.25, 0.3) is 0 Å². The van der Waals surface area contributed by atoms with Crippen LogP contribution in [0.4, 0.5) is 0 Å². The van der Waals surface area contributed by atoms with Crippen molar-refractivity contribution in [1.29, 1.82) is 0 Å². The number of carbonyl (C=O) groups is 2. The standard InChI is InChI=1S/C14H18ClNO5/c1-14(2,21-10-5-3-9(15)4-6-10)13(20)16-8-7-11(17)12(18)19/h3-6,11,17H,7-8H2,1-2H3,(H,16,20)(H,18,19). The maximum absolute atomic E-state index is 12.0. The summed E-state index contributed by atoms with van der Waals surface area (Å²) in [5, 5.41) is 20.7. The molecule has 0 spiro atoms. The summed E-state index contributed by atoms with van der Waals surface area (Å²) in [5.74, 6) is -1.24. The lowest BCUT2D eigenvalue weighted by molar-refractivity contribution is -0.147. The molecule has 1 atom stereocenters. The largest absolute Gasteiger partial charge is 0.479 e. The molecule has 6 nitrogen and oxygen atoms in total. The Morgan fingerprint density at radius 3 is 2.43 bits per heavy atom. The van der Waals surface area contributed by atoms with Crippen molar-refractivity contribution < 1.29 is 24.5 Å². The SMILES string of the molecule is CC(C)(Oc1ccc(Cl)cc1)C(=O)NCCC(O)C(=O)O. The molecule has 3 N–H and O–H groups in total. The quantitative estimate of drug-likeness (QED) is 0.707. The molecule has 0 aromatic heterocycles. The third-order valence-corrected chi connectivity index (χ3v) is 2.97. The number of aliphatic hydroxyl groups excluding tert-OH is 1. The molecule has 0 heterocycles. The number of rotatable bonds is 7. The van der Waals surface area contributed by atoms with Gasteiger partial charge < -0.3 is 20.3 Å². The van der Waals surface area contributed by atoms with Crippen molar-refractivity contribution in [1.82, 2.24) is 5.32 Å². The third kappa shape index (κ3) is 5.61. The van der Waals surface area contributed by atoms with Crippen molar-refractivity contribution in [2.24, 2.45) is 0 Å². The summed E-state index contributed by atoms with van der Waals surface area (Å²) >= 11 is 5.76. The molecule has 1 amide bonds. The van der Waals surface area contributed by atoms with Crippen molar-refractivity contribution in [2.45, 2.75) is 32.0 Å². The summed E-state index contributed by atoms with van der Waals surface area (Å²) in [5.41, 5.74) is -1.14. The number of carboxylic acid groups (broad SMARTS) is 1. The van der Waals surface area contributed by atoms with E-state index in [0.29, 0.717) is 10.8 Å². The van der Waals surface area contributed by atoms with Crippen LogP contribution in [-0.2, 0) is 9.59 Å². The first-order valence-electron chi connectivity index (χ1n) is 6.36. The molecule has 1 aromatic carbocycles. The summed E-state index contributed by atoms with van der Waals surface area (Å²) < 4.78 is 5.57. The Hall–Kier alpha value is -1.79. The van der Waals surface area contributed by atoms with Gasteiger partial charge in [0, 0.05) is 18.0 Å². The number of ether oxygens (including phenoxy) is 1. The minimum Gasteiger partial charge on any atom is -0.479 e. The Labute approximate surface area is 127 Å². The van der Waals surface area contributed by atoms with E-state index in [2.05, 4.69) is 5.32 Å². The summed E-state index contributed by atoms with van der Waals surface area (Å²) in [6.07, 6.45) is -1.57. The zero-order valence-corrected chi connectivity index (χ0v) is 12.6. The maximum atomic E-state index is 12.0. The van der Waals surface area contributed by atoms with E-state index in [9.17, 15) is 9.59 Å². The third-order valence-electron chi connectivity index (χ3n) is 2.72. The molecule has 116 valence electrons. The molecular formula is C14H18ClNO5. The van der Waals surface area contributed by atoms with Gasteiger partial charge in [0.1, 0.15) is 5.75 Å². The van der Waals surface area contributed by atoms with Crippen LogP contribution >= 0.6 is 11.6 Å². The molecule has 0 aliphatic rings. The smallest absolute Gasteiger partial charge is 0.332 e. The van der Waals surface area contributed by atoms with E-state index >= 15 is 0 Å². The van der Waals surface area contributed by atoms with Crippen LogP contribution in [0.15, 0.2) is 24.3 Å². The van der Waals surface area contributed by atoms with Crippen LogP contribution in [0.1, 0.15) is 20.3 Å². The fraction of sp³-hybridized carbons (Fsp3) is 0.429. The molecule has 0 saturated carbocycles. The topological polar surface area (TPSA) is 95.9 Å². The van der Waals surface area contributed by atoms with Gasteiger partial charge in [-0.25, -0.2) is 4.79 Å². The number of carboxylic acids is 1. The normalized spacial score (nSPS) is 12.6. The van der Waals surface area contributed by atoms with Crippen LogP contribution in [-0.4, -0.2) is 40.3 Å². The van der Waals surface area contributed by atoms with Gasteiger partial charge in [-0.15, -0.1) is 0 Å². The second-order valence-electron chi connectivity index (χ2n) is 4.96. The predicted octanol–water partition coefficient (Wildman–Crippen LogP) is 1.45. The Morgan fingerprint density at radius 1 is 1.33 bits per heavy atom. The lowest BCUT2D eigenvalue weighted by Gasteiger charge is -2.25. The Morgan fingerprint density at radius 2 is 1.90 bits per heavy atom. The van der Waals surface area contributed by atoms with Gasteiger partial charge in [-0.05, 0) is 38.1 Å². The highest BCUT2D eigenvalue weighted by Gasteiger charge is 2.29. The van der Waals surface area contributed by atoms with E-state index in [1.54, 1.807) is 38.1 Å². The first-order valence-corrected chi connectivity index (χ1v) is 6.74. The van der Waals surface area contributed by atoms with E-state index < -0.39 is 23.6 Å². The van der Waals surface area contributed by atoms with E-state index in [1.807, 2.05) is 0 Å². The number of halogens is 1. The van der Waals surface area contributed by atoms with Crippen molar-refractivity contribution >= 4 is 23.5 Å². The molecule has 0 fully saturated rings. The molecule has 21 heavy (non-hydrogen) atoms. The first kappa shape index (κ1) is 17.3. The fourth-order valence-corrected chi connectivity index (χ4v) is 1.63. The summed E-state index contributed by atoms with van der Waals surface area (Å²) in [4.78, 5) is 22.4. The molecular weight excluding hydrogens is 298 g/mol. The zero-order chi connectivity index (χ0) is 16.0. The highest BCUT2D eigenvalue weighted by atomic mass is 35.5. The Balaban J connectivity index is 2.51. The van der Waals surface area contributed by atoms with Gasteiger partial charge in [0.05, 0.1) is 0 Å². The number of aliphatic carboxylic acids is 1. The van der Waals surface area contributed by atoms with Crippen LogP contribution in [0.2, 0.25) is 5.02 Å². The summed E-state index contributed by atoms with van der Waals surface area (Å²) in [7, 11) is 0. The maximum Gasteiger partial charge on any atom is 0.332 e. The number of carbonyl (C=O) groups excluding carboxylic acids is 1. The molecule has 7 heteroatoms. The molecule has 1 rings (SSSR count). The van der Waals surface area contributed by atoms with Crippen LogP contribution in [0, 0.1) is 0 Å². The molecule has 0 bridgehead atoms. The molecule has 1 unspecified atom stereocenters. The first-order chi connectivity index (χ1) is 9.72. The van der Waals surface area contributed by atoms with Crippen molar-refractivity contribution in [2.75, 3.05) is 6.54 Å². The number of hydrogen-bond donors (Lipinski definition) is 3. The average molecular weight is 316 g/mol. The number of nitrogens with one attached hydrogen (secondary N) is 1. The molecule has 0 saturated heterocycles. The van der Waals surface area contributed by atoms with Gasteiger partial charge in [-0.2, -0.15) is 0 Å². The van der Waals surface area contributed by atoms with Gasteiger partial charge in [0.15, 0.2) is 11.7 Å². The predicted molar refractivity (Wildman–Crippen MR) is 77.4 cm³/mol. The lowest BCUT2D eigenvalue weighted by atomic mass is 10.1. The van der Waals surface area contributed by atoms with Crippen molar-refractivity contribution in [3.05, 3.63) is 29.3 Å². The Kier molecular flexibility index (Phi) is 5.99. The van der Waals surface area contributed by atoms with Gasteiger partial charge in [-0.1, -0.05) is 11.6 Å². The van der Waals surface area contributed by atoms with Gasteiger partial charge in [-0.3, -0.25) is 4.79 Å². The van der Waals surface area contributed by atoms with Crippen LogP contribution < -0.4 is 10.1 Å². The number of benzene rings is 1. The molecule has 0 aliphatic heterocycles. The molecule has 0 radical (unpaired) electrons. The van der Waals surface area contributed by atoms with Crippen LogP contribution in [0.5, 0.6) is 5.75 Å². The van der Waals surface area contributed by atoms with Crippen LogP contribution in [0.3, 0.4) is 0 Å². The monoisotopic (exact) mass is 315 g/mol. The number of amides is 1. The second-order valence-corrected chi connectivity index (χ2v) is 5.40. The number of aliphatic hydroxyl groups is 1. The van der Waals surface area contributed by atoms with Gasteiger partial charge >= 0.3 is 5.97 Å². The van der Waals surface area contributed by atoms with Gasteiger partial charge in [0.25, 0.3) is 5.91 Å². The highest BCUT2D eigenvalue weighted by Crippen LogP contribution is 2.20. The summed E-state index contributed by atoms with van der Waals surface area (Å²) in [6, 6.07) is 6.58. The zero-order valence-electron chi connectivity index (χ0n) is 11.8. The Bertz CT molecular complexity index is 501. The minimum absolute atomic E-state index is 0.0414. The lowest BCUT2D eigenvalue weighted by Crippen LogP contribution is -2.47. The van der Waals surface area contributed by atoms with E-state index in [4.69, 9.17) is 26.6 Å². The fourth-order valence-electron chi connectivity index (χ4n) is 1.50. The number of hydrogen-bond acceptors (Lipinski definition) is 4. The summed E-state index contributed by atoms with van der Waals surface area (Å²) in [6.45, 7) is 3.22. The average Bonchev–Trinajstić information content (AvgIpc) is 2.40. The van der Waals surface area contributed by atoms with E-state index in [0.717, 1.165) is 0 Å². The molecule has 0 aliphatic carbocycles. The molecule has 1 aromatic rings. The second kappa shape index (κ2) is 7.28. The van der Waals surface area contributed by atoms with Gasteiger partial charge in [0.2, 0.25) is 0 Å². The van der Waals surface area contributed by atoms with Crippen molar-refractivity contribution in [3.63, 3.8) is 0 Å².